The third kappa shape index (κ3) is 6.67. The normalized spacial score (nSPS) is 9.94. The number of hydrogen-bond donors (Lipinski definition) is 1. The molecule has 170 valence electrons. The van der Waals surface area contributed by atoms with E-state index in [-0.39, 0.29) is 0 Å². The fraction of sp³-hybridized carbons (Fsp3) is 0.240. The van der Waals surface area contributed by atoms with Crippen molar-refractivity contribution in [3.05, 3.63) is 72.3 Å². The highest BCUT2D eigenvalue weighted by atomic mass is 32.2. The zero-order valence-electron chi connectivity index (χ0n) is 19.5. The summed E-state index contributed by atoms with van der Waals surface area (Å²) in [5, 5.41) is 3.26. The molecule has 0 unspecified atom stereocenters. The van der Waals surface area contributed by atoms with E-state index in [0.717, 1.165) is 17.7 Å². The van der Waals surface area contributed by atoms with E-state index in [9.17, 15) is 4.79 Å². The molecule has 32 heavy (non-hydrogen) atoms. The van der Waals surface area contributed by atoms with E-state index >= 15 is 0 Å². The second-order valence-corrected chi connectivity index (χ2v) is 8.05. The Hall–Kier alpha value is -3.16. The fourth-order valence-electron chi connectivity index (χ4n) is 3.06. The van der Waals surface area contributed by atoms with Gasteiger partial charge in [0.25, 0.3) is 0 Å². The second-order valence-electron chi connectivity index (χ2n) is 7.02. The van der Waals surface area contributed by atoms with Crippen LogP contribution in [0.2, 0.25) is 0 Å². The minimum absolute atomic E-state index is 0.588. The Kier molecular flexibility index (Phi) is 9.91. The Balaban J connectivity index is 0.000000303. The average molecular weight is 454 g/mol. The number of nitrogens with one attached hydrogen (secondary N) is 1. The lowest BCUT2D eigenvalue weighted by molar-refractivity contribution is 0.112. The summed E-state index contributed by atoms with van der Waals surface area (Å²) < 4.78 is 12.0. The summed E-state index contributed by atoms with van der Waals surface area (Å²) in [5.74, 6) is 0.623. The number of rotatable bonds is 8. The molecule has 0 saturated carbocycles. The van der Waals surface area contributed by atoms with Gasteiger partial charge in [-0.25, -0.2) is 0 Å². The number of hydrogen-bond acceptors (Lipinski definition) is 7. The minimum Gasteiger partial charge on any atom is -0.496 e. The van der Waals surface area contributed by atoms with Gasteiger partial charge >= 0.3 is 0 Å². The first-order chi connectivity index (χ1) is 15.4. The number of anilines is 3. The van der Waals surface area contributed by atoms with Gasteiger partial charge in [0.2, 0.25) is 0 Å². The standard InChI is InChI=1S/C17H23N3OS.C8H8O2/c1-18-16-12-14(8-11-17(16)20(4)22-21-5)13-6-9-15(10-7-13)19(2)3;1-10-8-5-3-2-4-7(8)6-9/h6-12,18H,1-5H3;2-6H,1H3. The fourth-order valence-corrected chi connectivity index (χ4v) is 3.52. The summed E-state index contributed by atoms with van der Waals surface area (Å²) >= 11 is 1.31. The maximum Gasteiger partial charge on any atom is 0.153 e. The summed E-state index contributed by atoms with van der Waals surface area (Å²) in [4.78, 5) is 12.4. The number of ether oxygens (including phenoxy) is 1. The predicted molar refractivity (Wildman–Crippen MR) is 137 cm³/mol. The number of para-hydroxylation sites is 1. The van der Waals surface area contributed by atoms with Crippen LogP contribution in [0, 0.1) is 0 Å². The van der Waals surface area contributed by atoms with E-state index in [0.29, 0.717) is 11.3 Å². The number of benzene rings is 3. The molecule has 0 radical (unpaired) electrons. The van der Waals surface area contributed by atoms with Crippen molar-refractivity contribution >= 4 is 35.6 Å². The molecule has 0 spiro atoms. The van der Waals surface area contributed by atoms with Crippen LogP contribution in [0.5, 0.6) is 5.75 Å². The molecule has 7 heteroatoms. The largest absolute Gasteiger partial charge is 0.496 e. The van der Waals surface area contributed by atoms with Crippen molar-refractivity contribution in [3.8, 4) is 16.9 Å². The van der Waals surface area contributed by atoms with E-state index in [1.54, 1.807) is 32.4 Å². The summed E-state index contributed by atoms with van der Waals surface area (Å²) in [6.07, 6.45) is 0.777. The number of nitrogens with zero attached hydrogens (tertiary/aromatic N) is 2. The van der Waals surface area contributed by atoms with E-state index in [4.69, 9.17) is 8.92 Å². The molecule has 3 aromatic rings. The Morgan fingerprint density at radius 2 is 1.56 bits per heavy atom. The van der Waals surface area contributed by atoms with E-state index < -0.39 is 0 Å². The van der Waals surface area contributed by atoms with Gasteiger partial charge in [0.05, 0.1) is 31.2 Å². The summed E-state index contributed by atoms with van der Waals surface area (Å²) in [6, 6.07) is 22.1. The van der Waals surface area contributed by atoms with Crippen LogP contribution < -0.4 is 19.3 Å². The van der Waals surface area contributed by atoms with Crippen LogP contribution in [0.1, 0.15) is 10.4 Å². The Bertz CT molecular complexity index is 994. The van der Waals surface area contributed by atoms with Crippen molar-refractivity contribution in [3.63, 3.8) is 0 Å². The lowest BCUT2D eigenvalue weighted by Gasteiger charge is -2.20. The molecule has 0 aromatic heterocycles. The highest BCUT2D eigenvalue weighted by molar-refractivity contribution is 7.96. The van der Waals surface area contributed by atoms with Crippen molar-refractivity contribution in [2.75, 3.05) is 56.9 Å². The zero-order valence-corrected chi connectivity index (χ0v) is 20.3. The van der Waals surface area contributed by atoms with Crippen LogP contribution in [0.4, 0.5) is 17.1 Å². The molecule has 0 fully saturated rings. The molecular weight excluding hydrogens is 422 g/mol. The van der Waals surface area contributed by atoms with Crippen LogP contribution in [-0.2, 0) is 4.18 Å². The Morgan fingerprint density at radius 1 is 0.906 bits per heavy atom. The van der Waals surface area contributed by atoms with Gasteiger partial charge < -0.3 is 19.1 Å². The number of carbonyl (C=O) groups is 1. The molecule has 1 N–H and O–H groups in total. The summed E-state index contributed by atoms with van der Waals surface area (Å²) in [5.41, 5.74) is 6.34. The highest BCUT2D eigenvalue weighted by Gasteiger charge is 2.09. The molecule has 0 aliphatic rings. The summed E-state index contributed by atoms with van der Waals surface area (Å²) in [6.45, 7) is 0. The van der Waals surface area contributed by atoms with Crippen molar-refractivity contribution in [1.29, 1.82) is 0 Å². The maximum atomic E-state index is 10.3. The summed E-state index contributed by atoms with van der Waals surface area (Å²) in [7, 11) is 11.2. The van der Waals surface area contributed by atoms with Crippen LogP contribution in [0.15, 0.2) is 66.7 Å². The molecular formula is C25H31N3O3S. The molecule has 3 rings (SSSR count). The first kappa shape index (κ1) is 25.1. The molecule has 0 aliphatic heterocycles. The van der Waals surface area contributed by atoms with Gasteiger partial charge in [-0.1, -0.05) is 30.3 Å². The lowest BCUT2D eigenvalue weighted by atomic mass is 10.0. The van der Waals surface area contributed by atoms with Gasteiger partial charge in [0, 0.05) is 33.9 Å². The van der Waals surface area contributed by atoms with E-state index in [1.807, 2.05) is 38.6 Å². The molecule has 6 nitrogen and oxygen atoms in total. The third-order valence-electron chi connectivity index (χ3n) is 4.77. The molecule has 0 heterocycles. The van der Waals surface area contributed by atoms with Gasteiger partial charge in [-0.15, -0.1) is 0 Å². The van der Waals surface area contributed by atoms with Crippen molar-refractivity contribution in [2.24, 2.45) is 0 Å². The maximum absolute atomic E-state index is 10.3. The second kappa shape index (κ2) is 12.6. The van der Waals surface area contributed by atoms with Crippen LogP contribution in [0.3, 0.4) is 0 Å². The first-order valence-electron chi connectivity index (χ1n) is 10.1. The third-order valence-corrected chi connectivity index (χ3v) is 5.34. The van der Waals surface area contributed by atoms with E-state index in [1.165, 1.54) is 29.0 Å². The molecule has 0 atom stereocenters. The quantitative estimate of drug-likeness (QED) is 0.270. The average Bonchev–Trinajstić information content (AvgIpc) is 2.84. The van der Waals surface area contributed by atoms with Crippen molar-refractivity contribution in [1.82, 2.24) is 0 Å². The van der Waals surface area contributed by atoms with Gasteiger partial charge in [0.15, 0.2) is 6.29 Å². The van der Waals surface area contributed by atoms with Gasteiger partial charge in [-0.05, 0) is 47.5 Å². The molecule has 0 saturated heterocycles. The van der Waals surface area contributed by atoms with Crippen LogP contribution in [-0.4, -0.2) is 48.7 Å². The highest BCUT2D eigenvalue weighted by Crippen LogP contribution is 2.34. The van der Waals surface area contributed by atoms with Gasteiger partial charge in [-0.3, -0.25) is 9.10 Å². The molecule has 0 aliphatic carbocycles. The molecule has 0 amide bonds. The Labute approximate surface area is 195 Å². The minimum atomic E-state index is 0.588. The lowest BCUT2D eigenvalue weighted by Crippen LogP contribution is -2.09. The predicted octanol–water partition coefficient (Wildman–Crippen LogP) is 5.61. The molecule has 3 aromatic carbocycles. The van der Waals surface area contributed by atoms with Gasteiger partial charge in [-0.2, -0.15) is 0 Å². The monoisotopic (exact) mass is 453 g/mol. The van der Waals surface area contributed by atoms with Gasteiger partial charge in [0.1, 0.15) is 18.0 Å². The van der Waals surface area contributed by atoms with Crippen LogP contribution in [0.25, 0.3) is 11.1 Å². The topological polar surface area (TPSA) is 54.0 Å². The number of aldehydes is 1. The first-order valence-corrected chi connectivity index (χ1v) is 10.8. The zero-order chi connectivity index (χ0) is 23.5. The van der Waals surface area contributed by atoms with Crippen molar-refractivity contribution in [2.45, 2.75) is 0 Å². The van der Waals surface area contributed by atoms with Crippen molar-refractivity contribution < 1.29 is 13.7 Å². The van der Waals surface area contributed by atoms with E-state index in [2.05, 4.69) is 52.7 Å². The SMILES string of the molecule is CNc1cc(-c2ccc(N(C)C)cc2)ccc1N(C)SOC.COc1ccccc1C=O. The smallest absolute Gasteiger partial charge is 0.153 e. The molecule has 0 bridgehead atoms. The van der Waals surface area contributed by atoms with Crippen LogP contribution >= 0.6 is 12.2 Å². The number of methoxy groups -OCH3 is 1. The Morgan fingerprint density at radius 3 is 2.09 bits per heavy atom. The number of carbonyl (C=O) groups excluding carboxylic acids is 1.